The van der Waals surface area contributed by atoms with Crippen LogP contribution in [0.5, 0.6) is 0 Å². The average Bonchev–Trinajstić information content (AvgIpc) is 2.56. The molecule has 3 nitrogen and oxygen atoms in total. The first kappa shape index (κ1) is 12.0. The van der Waals surface area contributed by atoms with Crippen molar-refractivity contribution in [2.45, 2.75) is 50.8 Å². The molecule has 2 atom stereocenters. The summed E-state index contributed by atoms with van der Waals surface area (Å²) in [6, 6.07) is 3.78. The third-order valence-electron chi connectivity index (χ3n) is 3.15. The van der Waals surface area contributed by atoms with Gasteiger partial charge >= 0.3 is 0 Å². The van der Waals surface area contributed by atoms with Crippen LogP contribution in [0.3, 0.4) is 0 Å². The Morgan fingerprint density at radius 1 is 1.31 bits per heavy atom. The third kappa shape index (κ3) is 3.24. The predicted octanol–water partition coefficient (Wildman–Crippen LogP) is 2.72. The quantitative estimate of drug-likeness (QED) is 0.803. The van der Waals surface area contributed by atoms with Gasteiger partial charge in [0.25, 0.3) is 0 Å². The van der Waals surface area contributed by atoms with E-state index in [1.165, 1.54) is 12.8 Å². The predicted molar refractivity (Wildman–Crippen MR) is 63.4 cm³/mol. The van der Waals surface area contributed by atoms with E-state index in [4.69, 9.17) is 16.0 Å². The van der Waals surface area contributed by atoms with Gasteiger partial charge in [0, 0.05) is 6.04 Å². The molecule has 2 N–H and O–H groups in total. The molecule has 4 heteroatoms. The van der Waals surface area contributed by atoms with Gasteiger partial charge in [-0.05, 0) is 36.6 Å². The van der Waals surface area contributed by atoms with E-state index < -0.39 is 0 Å². The second-order valence-corrected chi connectivity index (χ2v) is 4.77. The Labute approximate surface area is 101 Å². The Morgan fingerprint density at radius 3 is 2.88 bits per heavy atom. The lowest BCUT2D eigenvalue weighted by Crippen LogP contribution is -2.38. The zero-order valence-electron chi connectivity index (χ0n) is 9.29. The SMILES string of the molecule is OC1CCCCCC1NCc1ccc(Cl)o1. The van der Waals surface area contributed by atoms with Crippen molar-refractivity contribution in [3.8, 4) is 0 Å². The molecule has 1 aromatic rings. The molecular formula is C12H18ClNO2. The first-order valence-corrected chi connectivity index (χ1v) is 6.29. The smallest absolute Gasteiger partial charge is 0.193 e. The number of aliphatic hydroxyl groups is 1. The molecule has 2 rings (SSSR count). The topological polar surface area (TPSA) is 45.4 Å². The summed E-state index contributed by atoms with van der Waals surface area (Å²) in [7, 11) is 0. The maximum Gasteiger partial charge on any atom is 0.193 e. The van der Waals surface area contributed by atoms with E-state index >= 15 is 0 Å². The molecule has 0 aliphatic heterocycles. The van der Waals surface area contributed by atoms with Gasteiger partial charge in [0.2, 0.25) is 0 Å². The van der Waals surface area contributed by atoms with Crippen molar-refractivity contribution in [1.29, 1.82) is 0 Å². The van der Waals surface area contributed by atoms with Gasteiger partial charge in [0.05, 0.1) is 12.6 Å². The van der Waals surface area contributed by atoms with Crippen molar-refractivity contribution in [2.75, 3.05) is 0 Å². The van der Waals surface area contributed by atoms with E-state index in [1.54, 1.807) is 6.07 Å². The van der Waals surface area contributed by atoms with E-state index in [0.29, 0.717) is 11.8 Å². The summed E-state index contributed by atoms with van der Waals surface area (Å²) in [4.78, 5) is 0. The minimum atomic E-state index is -0.229. The van der Waals surface area contributed by atoms with Crippen LogP contribution in [-0.2, 0) is 6.54 Å². The molecule has 1 aliphatic carbocycles. The normalized spacial score (nSPS) is 26.6. The molecule has 1 heterocycles. The van der Waals surface area contributed by atoms with Crippen LogP contribution >= 0.6 is 11.6 Å². The first-order valence-electron chi connectivity index (χ1n) is 5.91. The van der Waals surface area contributed by atoms with Crippen LogP contribution in [0.1, 0.15) is 37.9 Å². The molecule has 1 saturated carbocycles. The van der Waals surface area contributed by atoms with Gasteiger partial charge < -0.3 is 14.8 Å². The summed E-state index contributed by atoms with van der Waals surface area (Å²) in [6.45, 7) is 0.633. The number of halogens is 1. The number of nitrogens with one attached hydrogen (secondary N) is 1. The molecule has 0 radical (unpaired) electrons. The van der Waals surface area contributed by atoms with Crippen molar-refractivity contribution in [3.63, 3.8) is 0 Å². The van der Waals surface area contributed by atoms with Gasteiger partial charge in [-0.3, -0.25) is 0 Å². The van der Waals surface area contributed by atoms with Crippen molar-refractivity contribution in [2.24, 2.45) is 0 Å². The lowest BCUT2D eigenvalue weighted by atomic mass is 10.1. The highest BCUT2D eigenvalue weighted by Crippen LogP contribution is 2.19. The molecule has 0 aromatic carbocycles. The van der Waals surface area contributed by atoms with Crippen LogP contribution in [0.15, 0.2) is 16.5 Å². The fourth-order valence-electron chi connectivity index (χ4n) is 2.20. The highest BCUT2D eigenvalue weighted by molar-refractivity contribution is 6.28. The monoisotopic (exact) mass is 243 g/mol. The molecule has 1 fully saturated rings. The van der Waals surface area contributed by atoms with E-state index in [9.17, 15) is 5.11 Å². The Hall–Kier alpha value is -0.510. The second-order valence-electron chi connectivity index (χ2n) is 4.40. The fourth-order valence-corrected chi connectivity index (χ4v) is 2.37. The van der Waals surface area contributed by atoms with Crippen molar-refractivity contribution < 1.29 is 9.52 Å². The number of furan rings is 1. The largest absolute Gasteiger partial charge is 0.448 e. The van der Waals surface area contributed by atoms with Gasteiger partial charge in [-0.15, -0.1) is 0 Å². The molecular weight excluding hydrogens is 226 g/mol. The molecule has 0 spiro atoms. The highest BCUT2D eigenvalue weighted by Gasteiger charge is 2.21. The van der Waals surface area contributed by atoms with Crippen LogP contribution in [0.4, 0.5) is 0 Å². The van der Waals surface area contributed by atoms with Gasteiger partial charge in [0.1, 0.15) is 5.76 Å². The van der Waals surface area contributed by atoms with Crippen LogP contribution in [0.25, 0.3) is 0 Å². The van der Waals surface area contributed by atoms with Crippen molar-refractivity contribution in [3.05, 3.63) is 23.1 Å². The van der Waals surface area contributed by atoms with E-state index in [2.05, 4.69) is 5.32 Å². The molecule has 1 aromatic heterocycles. The number of rotatable bonds is 3. The number of aliphatic hydroxyl groups excluding tert-OH is 1. The van der Waals surface area contributed by atoms with Gasteiger partial charge in [-0.25, -0.2) is 0 Å². The van der Waals surface area contributed by atoms with Gasteiger partial charge in [0.15, 0.2) is 5.22 Å². The fraction of sp³-hybridized carbons (Fsp3) is 0.667. The summed E-state index contributed by atoms with van der Waals surface area (Å²) in [5.41, 5.74) is 0. The summed E-state index contributed by atoms with van der Waals surface area (Å²) in [5.74, 6) is 0.821. The van der Waals surface area contributed by atoms with E-state index in [0.717, 1.165) is 25.0 Å². The molecule has 0 amide bonds. The minimum Gasteiger partial charge on any atom is -0.448 e. The van der Waals surface area contributed by atoms with Crippen LogP contribution in [0, 0.1) is 0 Å². The van der Waals surface area contributed by atoms with E-state index in [1.807, 2.05) is 6.07 Å². The average molecular weight is 244 g/mol. The summed E-state index contributed by atoms with van der Waals surface area (Å²) in [6.07, 6.45) is 5.25. The standard InChI is InChI=1S/C12H18ClNO2/c13-12-7-6-9(16-12)8-14-10-4-2-1-3-5-11(10)15/h6-7,10-11,14-15H,1-5,8H2. The first-order chi connectivity index (χ1) is 7.75. The van der Waals surface area contributed by atoms with Crippen LogP contribution in [0.2, 0.25) is 5.22 Å². The Morgan fingerprint density at radius 2 is 2.12 bits per heavy atom. The van der Waals surface area contributed by atoms with E-state index in [-0.39, 0.29) is 12.1 Å². The summed E-state index contributed by atoms with van der Waals surface area (Å²) < 4.78 is 5.26. The Kier molecular flexibility index (Phi) is 4.27. The van der Waals surface area contributed by atoms with Crippen molar-refractivity contribution in [1.82, 2.24) is 5.32 Å². The maximum absolute atomic E-state index is 9.91. The van der Waals surface area contributed by atoms with Crippen molar-refractivity contribution >= 4 is 11.6 Å². The summed E-state index contributed by atoms with van der Waals surface area (Å²) >= 11 is 5.69. The highest BCUT2D eigenvalue weighted by atomic mass is 35.5. The maximum atomic E-state index is 9.91. The van der Waals surface area contributed by atoms with Gasteiger partial charge in [-0.1, -0.05) is 19.3 Å². The second kappa shape index (κ2) is 5.71. The van der Waals surface area contributed by atoms with Crippen LogP contribution < -0.4 is 5.32 Å². The molecule has 90 valence electrons. The molecule has 0 bridgehead atoms. The number of hydrogen-bond acceptors (Lipinski definition) is 3. The van der Waals surface area contributed by atoms with Gasteiger partial charge in [-0.2, -0.15) is 0 Å². The third-order valence-corrected chi connectivity index (χ3v) is 3.35. The lowest BCUT2D eigenvalue weighted by molar-refractivity contribution is 0.118. The minimum absolute atomic E-state index is 0.186. The zero-order chi connectivity index (χ0) is 11.4. The zero-order valence-corrected chi connectivity index (χ0v) is 10.0. The molecule has 2 unspecified atom stereocenters. The molecule has 16 heavy (non-hydrogen) atoms. The summed E-state index contributed by atoms with van der Waals surface area (Å²) in [5, 5.41) is 13.7. The number of hydrogen-bond donors (Lipinski definition) is 2. The Balaban J connectivity index is 1.83. The lowest BCUT2D eigenvalue weighted by Gasteiger charge is -2.21. The van der Waals surface area contributed by atoms with Crippen LogP contribution in [-0.4, -0.2) is 17.3 Å². The molecule has 1 aliphatic rings. The Bertz CT molecular complexity index is 327. The molecule has 0 saturated heterocycles.